The van der Waals surface area contributed by atoms with Gasteiger partial charge in [-0.05, 0) is 51.4 Å². The minimum Gasteiger partial charge on any atom is -0.466 e. The molecule has 0 aromatic rings. The Morgan fingerprint density at radius 1 is 0.386 bits per heavy atom. The van der Waals surface area contributed by atoms with Crippen molar-refractivity contribution in [2.45, 2.75) is 373 Å². The molecule has 2 unspecified atom stereocenters. The number of amides is 1. The number of carbonyl (C=O) groups is 2. The fourth-order valence-electron chi connectivity index (χ4n) is 10.2. The van der Waals surface area contributed by atoms with Crippen LogP contribution in [0.3, 0.4) is 0 Å². The Labute approximate surface area is 438 Å². The molecular weight excluding hydrogens is 863 g/mol. The van der Waals surface area contributed by atoms with E-state index in [4.69, 9.17) is 4.74 Å². The van der Waals surface area contributed by atoms with Gasteiger partial charge in [0.25, 0.3) is 0 Å². The number of hydrogen-bond donors (Lipinski definition) is 3. The summed E-state index contributed by atoms with van der Waals surface area (Å²) >= 11 is 0. The van der Waals surface area contributed by atoms with Crippen molar-refractivity contribution in [3.63, 3.8) is 0 Å². The quantitative estimate of drug-likeness (QED) is 0.0321. The maximum atomic E-state index is 12.5. The molecule has 0 aliphatic rings. The topological polar surface area (TPSA) is 95.9 Å². The van der Waals surface area contributed by atoms with Crippen LogP contribution < -0.4 is 5.32 Å². The van der Waals surface area contributed by atoms with Crippen LogP contribution in [0.25, 0.3) is 0 Å². The first-order valence-electron chi connectivity index (χ1n) is 31.9. The summed E-state index contributed by atoms with van der Waals surface area (Å²) in [5, 5.41) is 23.4. The molecule has 70 heavy (non-hydrogen) atoms. The molecule has 0 rings (SSSR count). The van der Waals surface area contributed by atoms with Gasteiger partial charge in [-0.15, -0.1) is 0 Å². The third kappa shape index (κ3) is 55.9. The van der Waals surface area contributed by atoms with Gasteiger partial charge in [-0.2, -0.15) is 0 Å². The zero-order valence-corrected chi connectivity index (χ0v) is 47.5. The smallest absolute Gasteiger partial charge is 0.305 e. The maximum Gasteiger partial charge on any atom is 0.305 e. The molecule has 0 heterocycles. The summed E-state index contributed by atoms with van der Waals surface area (Å²) in [7, 11) is 0. The van der Waals surface area contributed by atoms with Gasteiger partial charge < -0.3 is 20.3 Å². The molecular formula is C64H125NO5. The highest BCUT2D eigenvalue weighted by molar-refractivity contribution is 5.76. The monoisotopic (exact) mass is 988 g/mol. The molecule has 416 valence electrons. The van der Waals surface area contributed by atoms with Gasteiger partial charge in [0.05, 0.1) is 25.4 Å². The second kappa shape index (κ2) is 60.2. The van der Waals surface area contributed by atoms with Crippen LogP contribution in [0.1, 0.15) is 361 Å². The number of esters is 1. The van der Waals surface area contributed by atoms with Crippen LogP contribution in [0, 0.1) is 0 Å². The predicted molar refractivity (Wildman–Crippen MR) is 306 cm³/mol. The molecule has 0 saturated carbocycles. The molecule has 0 radical (unpaired) electrons. The number of rotatable bonds is 60. The second-order valence-electron chi connectivity index (χ2n) is 22.1. The molecule has 0 fully saturated rings. The normalized spacial score (nSPS) is 12.6. The molecule has 0 aromatic carbocycles. The fourth-order valence-corrected chi connectivity index (χ4v) is 10.2. The zero-order valence-electron chi connectivity index (χ0n) is 47.5. The van der Waals surface area contributed by atoms with Gasteiger partial charge in [-0.1, -0.05) is 309 Å². The Hall–Kier alpha value is -1.40. The number of hydrogen-bond acceptors (Lipinski definition) is 5. The van der Waals surface area contributed by atoms with Crippen LogP contribution in [-0.4, -0.2) is 47.4 Å². The second-order valence-corrected chi connectivity index (χ2v) is 22.1. The highest BCUT2D eigenvalue weighted by Gasteiger charge is 2.20. The van der Waals surface area contributed by atoms with Crippen LogP contribution in [0.4, 0.5) is 0 Å². The van der Waals surface area contributed by atoms with Crippen molar-refractivity contribution in [2.75, 3.05) is 13.2 Å². The van der Waals surface area contributed by atoms with E-state index in [0.717, 1.165) is 44.9 Å². The Kier molecular flexibility index (Phi) is 59.0. The van der Waals surface area contributed by atoms with Crippen molar-refractivity contribution < 1.29 is 24.5 Å². The summed E-state index contributed by atoms with van der Waals surface area (Å²) < 4.78 is 5.47. The highest BCUT2D eigenvalue weighted by atomic mass is 16.5. The minimum absolute atomic E-state index is 0.00230. The molecule has 0 aromatic heterocycles. The third-order valence-corrected chi connectivity index (χ3v) is 15.1. The summed E-state index contributed by atoms with van der Waals surface area (Å²) in [5.41, 5.74) is 0. The van der Waals surface area contributed by atoms with Crippen molar-refractivity contribution in [1.29, 1.82) is 0 Å². The van der Waals surface area contributed by atoms with Crippen molar-refractivity contribution in [3.8, 4) is 0 Å². The summed E-state index contributed by atoms with van der Waals surface area (Å²) in [4.78, 5) is 24.6. The van der Waals surface area contributed by atoms with Crippen molar-refractivity contribution in [2.24, 2.45) is 0 Å². The average molecular weight is 989 g/mol. The fraction of sp³-hybridized carbons (Fsp3) is 0.938. The van der Waals surface area contributed by atoms with Gasteiger partial charge in [-0.25, -0.2) is 0 Å². The van der Waals surface area contributed by atoms with Gasteiger partial charge in [0.15, 0.2) is 0 Å². The molecule has 0 aliphatic heterocycles. The summed E-state index contributed by atoms with van der Waals surface area (Å²) in [6.45, 7) is 4.96. The molecule has 0 bridgehead atoms. The molecule has 0 aliphatic carbocycles. The summed E-state index contributed by atoms with van der Waals surface area (Å²) in [6.07, 6.45) is 72.2. The first-order chi connectivity index (χ1) is 34.5. The molecule has 2 atom stereocenters. The lowest BCUT2D eigenvalue weighted by atomic mass is 10.0. The first-order valence-corrected chi connectivity index (χ1v) is 31.9. The number of carbonyl (C=O) groups excluding carboxylic acids is 2. The number of nitrogens with one attached hydrogen (secondary N) is 1. The average Bonchev–Trinajstić information content (AvgIpc) is 3.36. The van der Waals surface area contributed by atoms with E-state index in [-0.39, 0.29) is 18.5 Å². The molecule has 0 saturated heterocycles. The van der Waals surface area contributed by atoms with Gasteiger partial charge in [0.1, 0.15) is 0 Å². The number of unbranched alkanes of at least 4 members (excludes halogenated alkanes) is 47. The maximum absolute atomic E-state index is 12.5. The van der Waals surface area contributed by atoms with Crippen LogP contribution in [-0.2, 0) is 14.3 Å². The number of aliphatic hydroxyl groups is 2. The van der Waals surface area contributed by atoms with E-state index in [0.29, 0.717) is 25.9 Å². The molecule has 1 amide bonds. The SMILES string of the molecule is CCCCCC/C=C\CCCCCCCC(=O)OCCCCCCCCCCCCCCCCCCCCCCC(=O)NC(CO)C(O)CCCCCCCCCCCCCCCCCCCCCC. The van der Waals surface area contributed by atoms with E-state index < -0.39 is 12.1 Å². The lowest BCUT2D eigenvalue weighted by molar-refractivity contribution is -0.143. The van der Waals surface area contributed by atoms with E-state index >= 15 is 0 Å². The van der Waals surface area contributed by atoms with Crippen LogP contribution in [0.5, 0.6) is 0 Å². The lowest BCUT2D eigenvalue weighted by Gasteiger charge is -2.22. The summed E-state index contributed by atoms with van der Waals surface area (Å²) in [6, 6.07) is -0.543. The van der Waals surface area contributed by atoms with Gasteiger partial charge >= 0.3 is 5.97 Å². The van der Waals surface area contributed by atoms with Crippen molar-refractivity contribution in [3.05, 3.63) is 12.2 Å². The lowest BCUT2D eigenvalue weighted by Crippen LogP contribution is -2.45. The van der Waals surface area contributed by atoms with Crippen LogP contribution in [0.15, 0.2) is 12.2 Å². The molecule has 6 nitrogen and oxygen atoms in total. The first kappa shape index (κ1) is 68.6. The van der Waals surface area contributed by atoms with Crippen molar-refractivity contribution >= 4 is 11.9 Å². The van der Waals surface area contributed by atoms with Gasteiger partial charge in [0, 0.05) is 12.8 Å². The van der Waals surface area contributed by atoms with Gasteiger partial charge in [0.2, 0.25) is 5.91 Å². The standard InChI is InChI=1S/C64H125NO5/c1-3-5-7-9-11-13-15-17-18-19-20-23-26-29-33-36-40-44-48-52-56-62(67)61(60-66)65-63(68)57-53-49-45-41-37-34-30-27-24-21-22-25-28-31-35-39-43-47-51-55-59-70-64(69)58-54-50-46-42-38-32-16-14-12-10-8-6-4-2/h14,16,61-62,66-67H,3-13,15,17-60H2,1-2H3,(H,65,68)/b16-14-. The largest absolute Gasteiger partial charge is 0.466 e. The minimum atomic E-state index is -0.666. The van der Waals surface area contributed by atoms with Gasteiger partial charge in [-0.3, -0.25) is 9.59 Å². The zero-order chi connectivity index (χ0) is 50.7. The number of ether oxygens (including phenoxy) is 1. The van der Waals surface area contributed by atoms with Crippen LogP contribution in [0.2, 0.25) is 0 Å². The highest BCUT2D eigenvalue weighted by Crippen LogP contribution is 2.18. The van der Waals surface area contributed by atoms with E-state index in [2.05, 4.69) is 31.3 Å². The van der Waals surface area contributed by atoms with Crippen LogP contribution >= 0.6 is 0 Å². The number of allylic oxidation sites excluding steroid dienone is 2. The molecule has 6 heteroatoms. The Balaban J connectivity index is 3.39. The van der Waals surface area contributed by atoms with E-state index in [1.807, 2.05) is 0 Å². The molecule has 0 spiro atoms. The Bertz CT molecular complexity index is 1050. The summed E-state index contributed by atoms with van der Waals surface area (Å²) in [5.74, 6) is -0.0307. The number of aliphatic hydroxyl groups excluding tert-OH is 2. The Morgan fingerprint density at radius 2 is 0.671 bits per heavy atom. The van der Waals surface area contributed by atoms with E-state index in [9.17, 15) is 19.8 Å². The van der Waals surface area contributed by atoms with Crippen molar-refractivity contribution in [1.82, 2.24) is 5.32 Å². The predicted octanol–water partition coefficient (Wildman–Crippen LogP) is 20.0. The third-order valence-electron chi connectivity index (χ3n) is 15.1. The Morgan fingerprint density at radius 3 is 1.03 bits per heavy atom. The van der Waals surface area contributed by atoms with E-state index in [1.54, 1.807) is 0 Å². The molecule has 3 N–H and O–H groups in total. The van der Waals surface area contributed by atoms with E-state index in [1.165, 1.54) is 283 Å².